The highest BCUT2D eigenvalue weighted by Crippen LogP contribution is 2.43. The number of hydrogen-bond donors (Lipinski definition) is 0. The van der Waals surface area contributed by atoms with E-state index in [9.17, 15) is 0 Å². The van der Waals surface area contributed by atoms with Crippen molar-refractivity contribution in [3.8, 4) is 0 Å². The molecule has 112 valence electrons. The topological polar surface area (TPSA) is 18.5 Å². The monoisotopic (exact) mass is 380 g/mol. The Kier molecular flexibility index (Phi) is 5.58. The summed E-state index contributed by atoms with van der Waals surface area (Å²) in [4.78, 5) is 0. The van der Waals surface area contributed by atoms with Crippen LogP contribution in [0.2, 0.25) is 0 Å². The average molecular weight is 380 g/mol. The standard InChI is InChI=1S/C16H29IO2/c1-15(2,3)14-4-7-16(12-17,8-5-14)19-11-13-6-9-18-10-13/h13-14H,4-12H2,1-3H3. The highest BCUT2D eigenvalue weighted by molar-refractivity contribution is 14.1. The van der Waals surface area contributed by atoms with E-state index in [1.54, 1.807) is 0 Å². The minimum absolute atomic E-state index is 0.158. The first-order valence-electron chi connectivity index (χ1n) is 7.73. The van der Waals surface area contributed by atoms with E-state index in [-0.39, 0.29) is 5.60 Å². The highest BCUT2D eigenvalue weighted by Gasteiger charge is 2.39. The minimum atomic E-state index is 0.158. The second-order valence-electron chi connectivity index (χ2n) is 7.50. The van der Waals surface area contributed by atoms with Gasteiger partial charge in [-0.3, -0.25) is 0 Å². The van der Waals surface area contributed by atoms with Gasteiger partial charge in [0.1, 0.15) is 0 Å². The molecule has 3 heteroatoms. The van der Waals surface area contributed by atoms with E-state index in [4.69, 9.17) is 9.47 Å². The maximum Gasteiger partial charge on any atom is 0.0771 e. The molecule has 0 bridgehead atoms. The fourth-order valence-corrected chi connectivity index (χ4v) is 4.32. The molecule has 1 aliphatic carbocycles. The Labute approximate surface area is 132 Å². The zero-order valence-electron chi connectivity index (χ0n) is 12.7. The van der Waals surface area contributed by atoms with Gasteiger partial charge >= 0.3 is 0 Å². The molecule has 2 fully saturated rings. The molecular weight excluding hydrogens is 351 g/mol. The lowest BCUT2D eigenvalue weighted by molar-refractivity contribution is -0.0802. The largest absolute Gasteiger partial charge is 0.381 e. The fraction of sp³-hybridized carbons (Fsp3) is 1.00. The van der Waals surface area contributed by atoms with Crippen LogP contribution >= 0.6 is 22.6 Å². The zero-order valence-corrected chi connectivity index (χ0v) is 14.9. The van der Waals surface area contributed by atoms with Crippen molar-refractivity contribution in [2.45, 2.75) is 58.5 Å². The average Bonchev–Trinajstić information content (AvgIpc) is 2.89. The lowest BCUT2D eigenvalue weighted by Crippen LogP contribution is -2.42. The molecular formula is C16H29IO2. The zero-order chi connectivity index (χ0) is 13.9. The number of alkyl halides is 1. The van der Waals surface area contributed by atoms with Crippen LogP contribution in [0.4, 0.5) is 0 Å². The van der Waals surface area contributed by atoms with E-state index < -0.39 is 0 Å². The van der Waals surface area contributed by atoms with Gasteiger partial charge in [-0.1, -0.05) is 43.4 Å². The number of halogens is 1. The molecule has 2 nitrogen and oxygen atoms in total. The predicted molar refractivity (Wildman–Crippen MR) is 87.9 cm³/mol. The van der Waals surface area contributed by atoms with Crippen molar-refractivity contribution in [1.82, 2.24) is 0 Å². The summed E-state index contributed by atoms with van der Waals surface area (Å²) in [5.74, 6) is 1.50. The molecule has 19 heavy (non-hydrogen) atoms. The molecule has 0 spiro atoms. The maximum absolute atomic E-state index is 6.38. The third kappa shape index (κ3) is 4.31. The van der Waals surface area contributed by atoms with Gasteiger partial charge in [0, 0.05) is 17.0 Å². The van der Waals surface area contributed by atoms with E-state index in [0.717, 1.165) is 30.2 Å². The molecule has 0 amide bonds. The summed E-state index contributed by atoms with van der Waals surface area (Å²) in [6.45, 7) is 9.88. The number of ether oxygens (including phenoxy) is 2. The summed E-state index contributed by atoms with van der Waals surface area (Å²) in [5, 5.41) is 0. The van der Waals surface area contributed by atoms with Crippen LogP contribution in [0.15, 0.2) is 0 Å². The smallest absolute Gasteiger partial charge is 0.0771 e. The van der Waals surface area contributed by atoms with Gasteiger partial charge in [0.2, 0.25) is 0 Å². The van der Waals surface area contributed by atoms with Crippen LogP contribution in [0.25, 0.3) is 0 Å². The van der Waals surface area contributed by atoms with Crippen molar-refractivity contribution in [3.05, 3.63) is 0 Å². The van der Waals surface area contributed by atoms with Gasteiger partial charge in [0.15, 0.2) is 0 Å². The van der Waals surface area contributed by atoms with Crippen molar-refractivity contribution >= 4 is 22.6 Å². The summed E-state index contributed by atoms with van der Waals surface area (Å²) in [5.41, 5.74) is 0.613. The van der Waals surface area contributed by atoms with E-state index >= 15 is 0 Å². The third-order valence-electron chi connectivity index (χ3n) is 5.01. The van der Waals surface area contributed by atoms with Crippen LogP contribution in [-0.4, -0.2) is 29.8 Å². The Morgan fingerprint density at radius 1 is 1.21 bits per heavy atom. The molecule has 1 unspecified atom stereocenters. The third-order valence-corrected chi connectivity index (χ3v) is 6.40. The first kappa shape index (κ1) is 16.0. The summed E-state index contributed by atoms with van der Waals surface area (Å²) in [6, 6.07) is 0. The Hall–Kier alpha value is 0.650. The van der Waals surface area contributed by atoms with Crippen LogP contribution in [0.5, 0.6) is 0 Å². The summed E-state index contributed by atoms with van der Waals surface area (Å²) in [6.07, 6.45) is 6.32. The molecule has 1 saturated carbocycles. The molecule has 0 radical (unpaired) electrons. The van der Waals surface area contributed by atoms with Crippen LogP contribution < -0.4 is 0 Å². The van der Waals surface area contributed by atoms with Crippen LogP contribution in [-0.2, 0) is 9.47 Å². The summed E-state index contributed by atoms with van der Waals surface area (Å²) >= 11 is 2.52. The second kappa shape index (κ2) is 6.61. The second-order valence-corrected chi connectivity index (χ2v) is 8.26. The lowest BCUT2D eigenvalue weighted by atomic mass is 9.69. The summed E-state index contributed by atoms with van der Waals surface area (Å²) in [7, 11) is 0. The molecule has 1 atom stereocenters. The van der Waals surface area contributed by atoms with Gasteiger partial charge < -0.3 is 9.47 Å². The van der Waals surface area contributed by atoms with Crippen LogP contribution in [0.1, 0.15) is 52.9 Å². The van der Waals surface area contributed by atoms with E-state index in [1.807, 2.05) is 0 Å². The Morgan fingerprint density at radius 2 is 1.89 bits per heavy atom. The molecule has 2 aliphatic rings. The molecule has 0 N–H and O–H groups in total. The van der Waals surface area contributed by atoms with Crippen molar-refractivity contribution in [3.63, 3.8) is 0 Å². The summed E-state index contributed by atoms with van der Waals surface area (Å²) < 4.78 is 13.0. The Bertz CT molecular complexity index is 271. The molecule has 0 aromatic carbocycles. The van der Waals surface area contributed by atoms with Gasteiger partial charge in [-0.2, -0.15) is 0 Å². The molecule has 1 saturated heterocycles. The first-order valence-corrected chi connectivity index (χ1v) is 9.25. The predicted octanol–water partition coefficient (Wildman–Crippen LogP) is 4.45. The van der Waals surface area contributed by atoms with Crippen molar-refractivity contribution in [2.24, 2.45) is 17.3 Å². The molecule has 1 aliphatic heterocycles. The Morgan fingerprint density at radius 3 is 2.37 bits per heavy atom. The van der Waals surface area contributed by atoms with E-state index in [1.165, 1.54) is 32.1 Å². The maximum atomic E-state index is 6.38. The molecule has 2 rings (SSSR count). The van der Waals surface area contributed by atoms with Crippen LogP contribution in [0.3, 0.4) is 0 Å². The lowest BCUT2D eigenvalue weighted by Gasteiger charge is -2.43. The molecule has 1 heterocycles. The van der Waals surface area contributed by atoms with Gasteiger partial charge in [0.25, 0.3) is 0 Å². The van der Waals surface area contributed by atoms with Gasteiger partial charge in [-0.05, 0) is 43.4 Å². The normalized spacial score (nSPS) is 36.6. The molecule has 0 aromatic rings. The van der Waals surface area contributed by atoms with Gasteiger partial charge in [-0.25, -0.2) is 0 Å². The fourth-order valence-electron chi connectivity index (χ4n) is 3.34. The SMILES string of the molecule is CC(C)(C)C1CCC(CI)(OCC2CCOC2)CC1. The van der Waals surface area contributed by atoms with Crippen LogP contribution in [0, 0.1) is 17.3 Å². The quantitative estimate of drug-likeness (QED) is 0.530. The van der Waals surface area contributed by atoms with Crippen molar-refractivity contribution in [1.29, 1.82) is 0 Å². The van der Waals surface area contributed by atoms with E-state index in [0.29, 0.717) is 11.3 Å². The van der Waals surface area contributed by atoms with Gasteiger partial charge in [-0.15, -0.1) is 0 Å². The molecule has 0 aromatic heterocycles. The first-order chi connectivity index (χ1) is 8.95. The number of hydrogen-bond acceptors (Lipinski definition) is 2. The van der Waals surface area contributed by atoms with Crippen molar-refractivity contribution in [2.75, 3.05) is 24.2 Å². The number of rotatable bonds is 4. The minimum Gasteiger partial charge on any atom is -0.381 e. The Balaban J connectivity index is 1.83. The highest BCUT2D eigenvalue weighted by atomic mass is 127. The van der Waals surface area contributed by atoms with Crippen molar-refractivity contribution < 1.29 is 9.47 Å². The van der Waals surface area contributed by atoms with E-state index in [2.05, 4.69) is 43.4 Å². The van der Waals surface area contributed by atoms with Gasteiger partial charge in [0.05, 0.1) is 18.8 Å².